The number of hydrazine groups is 2. The van der Waals surface area contributed by atoms with Gasteiger partial charge in [0.1, 0.15) is 0 Å². The fraction of sp³-hybridized carbons (Fsp3) is 0.579. The minimum atomic E-state index is -3.02. The number of aliphatic hydroxyl groups excluding tert-OH is 1. The van der Waals surface area contributed by atoms with E-state index in [1.165, 1.54) is 4.90 Å². The molecule has 29 heavy (non-hydrogen) atoms. The summed E-state index contributed by atoms with van der Waals surface area (Å²) in [5.41, 5.74) is 6.71. The normalized spacial score (nSPS) is 22.8. The Labute approximate surface area is 168 Å². The van der Waals surface area contributed by atoms with Crippen LogP contribution in [0.5, 0.6) is 0 Å². The van der Waals surface area contributed by atoms with E-state index in [-0.39, 0.29) is 19.7 Å². The number of aryl methyl sites for hydroxylation is 1. The summed E-state index contributed by atoms with van der Waals surface area (Å²) in [5.74, 6) is -5.30. The summed E-state index contributed by atoms with van der Waals surface area (Å²) in [7, 11) is 3.63. The van der Waals surface area contributed by atoms with Gasteiger partial charge in [0.15, 0.2) is 0 Å². The number of halogens is 2. The van der Waals surface area contributed by atoms with Crippen molar-refractivity contribution in [3.8, 4) is 0 Å². The smallest absolute Gasteiger partial charge is 0.308 e. The number of alkyl halides is 2. The van der Waals surface area contributed by atoms with Crippen molar-refractivity contribution in [2.45, 2.75) is 32.2 Å². The molecule has 1 fully saturated rings. The molecule has 8 nitrogen and oxygen atoms in total. The molecule has 1 atom stereocenters. The Morgan fingerprint density at radius 1 is 1.38 bits per heavy atom. The van der Waals surface area contributed by atoms with Crippen molar-refractivity contribution < 1.29 is 23.8 Å². The first-order chi connectivity index (χ1) is 13.6. The molecule has 0 saturated carbocycles. The third-order valence-electron chi connectivity index (χ3n) is 5.43. The molecular formula is C19H27F2N5O3. The highest BCUT2D eigenvalue weighted by atomic mass is 19.3. The number of nitrogens with zero attached hydrogens (tertiary/aromatic N) is 4. The van der Waals surface area contributed by atoms with Crippen LogP contribution in [0.25, 0.3) is 5.70 Å². The van der Waals surface area contributed by atoms with Crippen LogP contribution in [0.4, 0.5) is 8.78 Å². The maximum absolute atomic E-state index is 14.0. The zero-order chi connectivity index (χ0) is 21.3. The van der Waals surface area contributed by atoms with Crippen molar-refractivity contribution in [2.75, 3.05) is 33.8 Å². The molecule has 2 aliphatic rings. The van der Waals surface area contributed by atoms with E-state index in [0.29, 0.717) is 23.5 Å². The van der Waals surface area contributed by atoms with Crippen molar-refractivity contribution in [3.05, 3.63) is 34.8 Å². The highest BCUT2D eigenvalue weighted by molar-refractivity contribution is 5.70. The minimum Gasteiger partial charge on any atom is -0.481 e. The van der Waals surface area contributed by atoms with Crippen LogP contribution < -0.4 is 5.43 Å². The van der Waals surface area contributed by atoms with Gasteiger partial charge in [-0.15, -0.1) is 5.12 Å². The third-order valence-corrected chi connectivity index (χ3v) is 5.43. The van der Waals surface area contributed by atoms with E-state index in [1.54, 1.807) is 16.2 Å². The zero-order valence-electron chi connectivity index (χ0n) is 16.8. The fourth-order valence-electron chi connectivity index (χ4n) is 3.87. The van der Waals surface area contributed by atoms with Gasteiger partial charge in [0.25, 0.3) is 5.92 Å². The Morgan fingerprint density at radius 2 is 2.10 bits per heavy atom. The van der Waals surface area contributed by atoms with Gasteiger partial charge >= 0.3 is 5.97 Å². The molecule has 3 heterocycles. The molecule has 1 saturated heterocycles. The molecule has 3 N–H and O–H groups in total. The predicted molar refractivity (Wildman–Crippen MR) is 102 cm³/mol. The standard InChI is InChI=1S/C19H27F2N5O3/c1-4-14-12(8-26-9-13(18(28)29)7-19(20,21)11-26)5-6-15(22-14)17-16(10-27)24(2)25(3)23-17/h5-6,13,23,27H,4,7-11H2,1-3H3,(H,28,29). The zero-order valence-corrected chi connectivity index (χ0v) is 16.8. The van der Waals surface area contributed by atoms with Crippen LogP contribution >= 0.6 is 0 Å². The van der Waals surface area contributed by atoms with Crippen LogP contribution in [-0.2, 0) is 17.8 Å². The van der Waals surface area contributed by atoms with Gasteiger partial charge in [-0.2, -0.15) is 0 Å². The van der Waals surface area contributed by atoms with Gasteiger partial charge in [-0.05, 0) is 18.1 Å². The summed E-state index contributed by atoms with van der Waals surface area (Å²) in [5, 5.41) is 22.4. The summed E-state index contributed by atoms with van der Waals surface area (Å²) in [6.45, 7) is 1.62. The Bertz CT molecular complexity index is 817. The van der Waals surface area contributed by atoms with E-state index >= 15 is 0 Å². The number of carboxylic acid groups (broad SMARTS) is 1. The molecule has 10 heteroatoms. The van der Waals surface area contributed by atoms with Gasteiger partial charge in [-0.1, -0.05) is 13.0 Å². The van der Waals surface area contributed by atoms with Crippen LogP contribution in [-0.4, -0.2) is 75.9 Å². The van der Waals surface area contributed by atoms with Crippen LogP contribution in [0.3, 0.4) is 0 Å². The highest BCUT2D eigenvalue weighted by Gasteiger charge is 2.43. The number of aromatic nitrogens is 1. The molecule has 2 aliphatic heterocycles. The van der Waals surface area contributed by atoms with Crippen LogP contribution in [0.2, 0.25) is 0 Å². The van der Waals surface area contributed by atoms with Gasteiger partial charge in [0.2, 0.25) is 0 Å². The van der Waals surface area contributed by atoms with Crippen molar-refractivity contribution in [1.82, 2.24) is 25.4 Å². The minimum absolute atomic E-state index is 0.0901. The second-order valence-electron chi connectivity index (χ2n) is 7.56. The number of aliphatic carboxylic acids is 1. The average Bonchev–Trinajstić information content (AvgIpc) is 2.94. The molecule has 0 spiro atoms. The number of rotatable bonds is 6. The lowest BCUT2D eigenvalue weighted by Crippen LogP contribution is -2.48. The van der Waals surface area contributed by atoms with Crippen molar-refractivity contribution in [3.63, 3.8) is 0 Å². The molecule has 1 aromatic heterocycles. The lowest BCUT2D eigenvalue weighted by Gasteiger charge is -2.36. The number of pyridine rings is 1. The van der Waals surface area contributed by atoms with Crippen LogP contribution in [0.1, 0.15) is 30.3 Å². The Hall–Kier alpha value is -2.30. The highest BCUT2D eigenvalue weighted by Crippen LogP contribution is 2.32. The number of carboxylic acids is 1. The summed E-state index contributed by atoms with van der Waals surface area (Å²) in [4.78, 5) is 17.4. The van der Waals surface area contributed by atoms with Crippen LogP contribution in [0, 0.1) is 5.92 Å². The molecule has 0 aromatic carbocycles. The quantitative estimate of drug-likeness (QED) is 0.642. The summed E-state index contributed by atoms with van der Waals surface area (Å²) < 4.78 is 28.0. The van der Waals surface area contributed by atoms with E-state index in [2.05, 4.69) is 10.4 Å². The van der Waals surface area contributed by atoms with Gasteiger partial charge in [0, 0.05) is 39.3 Å². The first-order valence-electron chi connectivity index (χ1n) is 9.55. The van der Waals surface area contributed by atoms with E-state index < -0.39 is 30.8 Å². The maximum Gasteiger partial charge on any atom is 0.308 e. The molecule has 1 aromatic rings. The fourth-order valence-corrected chi connectivity index (χ4v) is 3.87. The number of aliphatic hydroxyl groups is 1. The number of hydrogen-bond acceptors (Lipinski definition) is 7. The molecule has 160 valence electrons. The van der Waals surface area contributed by atoms with Crippen molar-refractivity contribution in [2.24, 2.45) is 5.92 Å². The number of likely N-dealkylation sites (tertiary alicyclic amines) is 1. The second-order valence-corrected chi connectivity index (χ2v) is 7.56. The van der Waals surface area contributed by atoms with Crippen molar-refractivity contribution in [1.29, 1.82) is 0 Å². The molecule has 0 aliphatic carbocycles. The predicted octanol–water partition coefficient (Wildman–Crippen LogP) is 1.14. The number of likely N-dealkylation sites (N-methyl/N-ethyl adjacent to an activating group) is 1. The second kappa shape index (κ2) is 8.21. The molecule has 0 bridgehead atoms. The Balaban J connectivity index is 1.85. The summed E-state index contributed by atoms with van der Waals surface area (Å²) >= 11 is 0. The molecule has 0 radical (unpaired) electrons. The van der Waals surface area contributed by atoms with E-state index in [1.807, 2.05) is 27.1 Å². The molecule has 0 amide bonds. The number of hydrogen-bond donors (Lipinski definition) is 3. The first kappa shape index (κ1) is 21.4. The van der Waals surface area contributed by atoms with E-state index in [9.17, 15) is 23.8 Å². The molecular weight excluding hydrogens is 384 g/mol. The third kappa shape index (κ3) is 4.49. The molecule has 1 unspecified atom stereocenters. The maximum atomic E-state index is 14.0. The lowest BCUT2D eigenvalue weighted by atomic mass is 9.94. The largest absolute Gasteiger partial charge is 0.481 e. The van der Waals surface area contributed by atoms with E-state index in [4.69, 9.17) is 0 Å². The Kier molecular flexibility index (Phi) is 6.06. The van der Waals surface area contributed by atoms with Gasteiger partial charge < -0.3 is 10.2 Å². The van der Waals surface area contributed by atoms with Crippen molar-refractivity contribution >= 4 is 11.7 Å². The SMILES string of the molecule is CCc1nc(C2=C(CO)N(C)N(C)N2)ccc1CN1CC(C(=O)O)CC(F)(F)C1. The monoisotopic (exact) mass is 411 g/mol. The topological polar surface area (TPSA) is 92.2 Å². The van der Waals surface area contributed by atoms with Crippen LogP contribution in [0.15, 0.2) is 17.8 Å². The number of piperidine rings is 1. The summed E-state index contributed by atoms with van der Waals surface area (Å²) in [6, 6.07) is 3.63. The van der Waals surface area contributed by atoms with Gasteiger partial charge in [-0.3, -0.25) is 25.1 Å². The van der Waals surface area contributed by atoms with Gasteiger partial charge in [0.05, 0.1) is 36.2 Å². The average molecular weight is 411 g/mol. The number of carbonyl (C=O) groups is 1. The Morgan fingerprint density at radius 3 is 2.72 bits per heavy atom. The summed E-state index contributed by atoms with van der Waals surface area (Å²) in [6.07, 6.45) is -0.0232. The van der Waals surface area contributed by atoms with Gasteiger partial charge in [-0.25, -0.2) is 8.78 Å². The number of nitrogens with one attached hydrogen (secondary N) is 1. The first-order valence-corrected chi connectivity index (χ1v) is 9.55. The lowest BCUT2D eigenvalue weighted by molar-refractivity contribution is -0.153. The van der Waals surface area contributed by atoms with E-state index in [0.717, 1.165) is 11.3 Å². The molecule has 3 rings (SSSR count).